The molecule has 0 fully saturated rings. The topological polar surface area (TPSA) is 67.4 Å². The number of hydrogen-bond acceptors (Lipinski definition) is 3. The Morgan fingerprint density at radius 2 is 1.84 bits per heavy atom. The number of benzene rings is 2. The highest BCUT2D eigenvalue weighted by atomic mass is 16.5. The van der Waals surface area contributed by atoms with Gasteiger partial charge >= 0.3 is 0 Å². The Morgan fingerprint density at radius 1 is 1.12 bits per heavy atom. The summed E-state index contributed by atoms with van der Waals surface area (Å²) in [6.45, 7) is 3.59. The number of nitrogens with one attached hydrogen (secondary N) is 2. The molecule has 2 aromatic carbocycles. The lowest BCUT2D eigenvalue weighted by Gasteiger charge is -2.13. The second-order valence-electron chi connectivity index (χ2n) is 5.70. The van der Waals surface area contributed by atoms with Crippen LogP contribution in [0, 0.1) is 6.92 Å². The van der Waals surface area contributed by atoms with Gasteiger partial charge in [0.15, 0.2) is 0 Å². The van der Waals surface area contributed by atoms with Crippen LogP contribution in [-0.4, -0.2) is 25.0 Å². The lowest BCUT2D eigenvalue weighted by atomic mass is 10.2. The van der Waals surface area contributed by atoms with Crippen LogP contribution in [0.4, 0.5) is 5.69 Å². The van der Waals surface area contributed by atoms with Gasteiger partial charge in [0.1, 0.15) is 11.8 Å². The summed E-state index contributed by atoms with van der Waals surface area (Å²) < 4.78 is 5.08. The lowest BCUT2D eigenvalue weighted by Crippen LogP contribution is -2.40. The summed E-state index contributed by atoms with van der Waals surface area (Å²) >= 11 is 0. The van der Waals surface area contributed by atoms with Crippen molar-refractivity contribution in [2.45, 2.75) is 19.9 Å². The van der Waals surface area contributed by atoms with Crippen LogP contribution < -0.4 is 15.4 Å². The van der Waals surface area contributed by atoms with Gasteiger partial charge in [0, 0.05) is 11.8 Å². The molecule has 1 unspecified atom stereocenters. The summed E-state index contributed by atoms with van der Waals surface area (Å²) in [7, 11) is 1.60. The van der Waals surface area contributed by atoms with E-state index in [2.05, 4.69) is 10.6 Å². The Balaban J connectivity index is 1.87. The summed E-state index contributed by atoms with van der Waals surface area (Å²) in [6, 6.07) is 14.2. The van der Waals surface area contributed by atoms with E-state index in [1.54, 1.807) is 20.1 Å². The highest BCUT2D eigenvalue weighted by molar-refractivity contribution is 5.99. The number of carbonyl (C=O) groups is 2. The Kier molecular flexibility index (Phi) is 6.34. The lowest BCUT2D eigenvalue weighted by molar-refractivity contribution is -0.123. The van der Waals surface area contributed by atoms with Crippen LogP contribution >= 0.6 is 0 Å². The number of hydrogen-bond donors (Lipinski definition) is 2. The maximum atomic E-state index is 12.1. The van der Waals surface area contributed by atoms with Crippen molar-refractivity contribution in [1.29, 1.82) is 0 Å². The minimum Gasteiger partial charge on any atom is -0.497 e. The second-order valence-corrected chi connectivity index (χ2v) is 5.70. The van der Waals surface area contributed by atoms with Gasteiger partial charge in [-0.2, -0.15) is 0 Å². The molecule has 2 amide bonds. The maximum Gasteiger partial charge on any atom is 0.246 e. The SMILES string of the molecule is COc1ccc(/C=C/C(=O)NC(C)C(=O)Nc2cccc(C)c2)cc1. The molecule has 0 aromatic heterocycles. The van der Waals surface area contributed by atoms with Crippen molar-refractivity contribution in [1.82, 2.24) is 5.32 Å². The van der Waals surface area contributed by atoms with E-state index in [9.17, 15) is 9.59 Å². The fourth-order valence-corrected chi connectivity index (χ4v) is 2.19. The maximum absolute atomic E-state index is 12.1. The summed E-state index contributed by atoms with van der Waals surface area (Å²) in [6.07, 6.45) is 3.08. The number of amides is 2. The molecule has 5 heteroatoms. The third-order valence-corrected chi connectivity index (χ3v) is 3.58. The number of methoxy groups -OCH3 is 1. The molecule has 0 aliphatic heterocycles. The molecule has 0 saturated heterocycles. The molecular formula is C20H22N2O3. The molecule has 0 aliphatic carbocycles. The van der Waals surface area contributed by atoms with Gasteiger partial charge < -0.3 is 15.4 Å². The minimum absolute atomic E-state index is 0.267. The van der Waals surface area contributed by atoms with E-state index < -0.39 is 6.04 Å². The highest BCUT2D eigenvalue weighted by Crippen LogP contribution is 2.12. The zero-order valence-corrected chi connectivity index (χ0v) is 14.6. The molecule has 0 saturated carbocycles. The molecule has 1 atom stereocenters. The van der Waals surface area contributed by atoms with Gasteiger partial charge in [0.2, 0.25) is 11.8 Å². The first-order chi connectivity index (χ1) is 12.0. The third kappa shape index (κ3) is 5.80. The van der Waals surface area contributed by atoms with Gasteiger partial charge in [-0.25, -0.2) is 0 Å². The first kappa shape index (κ1) is 18.3. The predicted molar refractivity (Wildman–Crippen MR) is 99.4 cm³/mol. The fourth-order valence-electron chi connectivity index (χ4n) is 2.19. The van der Waals surface area contributed by atoms with E-state index in [0.717, 1.165) is 16.9 Å². The van der Waals surface area contributed by atoms with Crippen LogP contribution in [0.3, 0.4) is 0 Å². The Morgan fingerprint density at radius 3 is 2.48 bits per heavy atom. The zero-order chi connectivity index (χ0) is 18.2. The Bertz CT molecular complexity index is 767. The van der Waals surface area contributed by atoms with Crippen LogP contribution in [0.1, 0.15) is 18.1 Å². The number of rotatable bonds is 6. The largest absolute Gasteiger partial charge is 0.497 e. The van der Waals surface area contributed by atoms with Crippen molar-refractivity contribution >= 4 is 23.6 Å². The van der Waals surface area contributed by atoms with Gasteiger partial charge in [0.05, 0.1) is 7.11 Å². The first-order valence-electron chi connectivity index (χ1n) is 7.98. The third-order valence-electron chi connectivity index (χ3n) is 3.58. The zero-order valence-electron chi connectivity index (χ0n) is 14.6. The molecule has 2 N–H and O–H groups in total. The fraction of sp³-hybridized carbons (Fsp3) is 0.200. The van der Waals surface area contributed by atoms with Gasteiger partial charge in [-0.1, -0.05) is 24.3 Å². The van der Waals surface area contributed by atoms with Crippen molar-refractivity contribution in [2.75, 3.05) is 12.4 Å². The average molecular weight is 338 g/mol. The van der Waals surface area contributed by atoms with Gasteiger partial charge in [0.25, 0.3) is 0 Å². The number of carbonyl (C=O) groups excluding carboxylic acids is 2. The number of anilines is 1. The summed E-state index contributed by atoms with van der Waals surface area (Å²) in [5.74, 6) is 0.155. The van der Waals surface area contributed by atoms with E-state index in [0.29, 0.717) is 5.69 Å². The molecule has 0 radical (unpaired) electrons. The van der Waals surface area contributed by atoms with Crippen molar-refractivity contribution < 1.29 is 14.3 Å². The van der Waals surface area contributed by atoms with E-state index >= 15 is 0 Å². The smallest absolute Gasteiger partial charge is 0.246 e. The molecule has 0 bridgehead atoms. The van der Waals surface area contributed by atoms with Crippen LogP contribution in [0.15, 0.2) is 54.6 Å². The summed E-state index contributed by atoms with van der Waals surface area (Å²) in [4.78, 5) is 24.1. The predicted octanol–water partition coefficient (Wildman–Crippen LogP) is 3.16. The molecule has 2 rings (SSSR count). The van der Waals surface area contributed by atoms with Gasteiger partial charge in [-0.3, -0.25) is 9.59 Å². The monoisotopic (exact) mass is 338 g/mol. The Labute approximate surface area is 147 Å². The van der Waals surface area contributed by atoms with Crippen LogP contribution in [-0.2, 0) is 9.59 Å². The minimum atomic E-state index is -0.645. The Hall–Kier alpha value is -3.08. The standard InChI is InChI=1S/C20H22N2O3/c1-14-5-4-6-17(13-14)22-20(24)15(2)21-19(23)12-9-16-7-10-18(25-3)11-8-16/h4-13,15H,1-3H3,(H,21,23)(H,22,24)/b12-9+. The van der Waals surface area contributed by atoms with E-state index in [4.69, 9.17) is 4.74 Å². The van der Waals surface area contributed by atoms with Crippen molar-refractivity contribution in [3.8, 4) is 5.75 Å². The molecule has 0 spiro atoms. The molecule has 0 heterocycles. The van der Waals surface area contributed by atoms with Gasteiger partial charge in [-0.15, -0.1) is 0 Å². The molecule has 5 nitrogen and oxygen atoms in total. The molecule has 130 valence electrons. The first-order valence-corrected chi connectivity index (χ1v) is 7.98. The van der Waals surface area contributed by atoms with E-state index in [1.165, 1.54) is 6.08 Å². The van der Waals surface area contributed by atoms with Crippen LogP contribution in [0.5, 0.6) is 5.75 Å². The molecular weight excluding hydrogens is 316 g/mol. The van der Waals surface area contributed by atoms with Crippen LogP contribution in [0.2, 0.25) is 0 Å². The molecule has 25 heavy (non-hydrogen) atoms. The normalized spacial score (nSPS) is 11.8. The van der Waals surface area contributed by atoms with Crippen molar-refractivity contribution in [2.24, 2.45) is 0 Å². The quantitative estimate of drug-likeness (QED) is 0.795. The molecule has 2 aromatic rings. The summed E-state index contributed by atoms with van der Waals surface area (Å²) in [5, 5.41) is 5.43. The number of ether oxygens (including phenoxy) is 1. The van der Waals surface area contributed by atoms with E-state index in [1.807, 2.05) is 55.5 Å². The highest BCUT2D eigenvalue weighted by Gasteiger charge is 2.14. The van der Waals surface area contributed by atoms with Gasteiger partial charge in [-0.05, 0) is 55.3 Å². The van der Waals surface area contributed by atoms with E-state index in [-0.39, 0.29) is 11.8 Å². The molecule has 0 aliphatic rings. The van der Waals surface area contributed by atoms with Crippen molar-refractivity contribution in [3.63, 3.8) is 0 Å². The van der Waals surface area contributed by atoms with Crippen LogP contribution in [0.25, 0.3) is 6.08 Å². The average Bonchev–Trinajstić information content (AvgIpc) is 2.60. The summed E-state index contributed by atoms with van der Waals surface area (Å²) in [5.41, 5.74) is 2.63. The second kappa shape index (κ2) is 8.68. The van der Waals surface area contributed by atoms with Crippen molar-refractivity contribution in [3.05, 3.63) is 65.7 Å². The number of aryl methyl sites for hydroxylation is 1.